The van der Waals surface area contributed by atoms with Crippen LogP contribution in [0, 0.1) is 11.8 Å². The Morgan fingerprint density at radius 2 is 1.81 bits per heavy atom. The van der Waals surface area contributed by atoms with Crippen LogP contribution < -0.4 is 11.1 Å². The molecular weight excluding hydrogens is 208 g/mol. The van der Waals surface area contributed by atoms with E-state index < -0.39 is 6.04 Å². The Morgan fingerprint density at radius 3 is 2.25 bits per heavy atom. The van der Waals surface area contributed by atoms with E-state index in [-0.39, 0.29) is 25.0 Å². The second-order valence-electron chi connectivity index (χ2n) is 4.52. The predicted molar refractivity (Wildman–Crippen MR) is 60.6 cm³/mol. The first kappa shape index (κ1) is 13.4. The molecule has 1 saturated carbocycles. The molecule has 1 rings (SSSR count). The average Bonchev–Trinajstić information content (AvgIpc) is 2.35. The molecule has 0 bridgehead atoms. The SMILES string of the molecule is NCC1CCC(C(=O)NC(CO)CO)CC1. The quantitative estimate of drug-likeness (QED) is 0.498. The van der Waals surface area contributed by atoms with Gasteiger partial charge in [-0.3, -0.25) is 4.79 Å². The van der Waals surface area contributed by atoms with Crippen LogP contribution in [0.25, 0.3) is 0 Å². The first-order valence-electron chi connectivity index (χ1n) is 5.93. The second kappa shape index (κ2) is 6.83. The third kappa shape index (κ3) is 3.73. The van der Waals surface area contributed by atoms with Gasteiger partial charge in [0.1, 0.15) is 0 Å². The third-order valence-corrected chi connectivity index (χ3v) is 3.34. The van der Waals surface area contributed by atoms with E-state index in [1.165, 1.54) is 0 Å². The lowest BCUT2D eigenvalue weighted by Crippen LogP contribution is -2.44. The summed E-state index contributed by atoms with van der Waals surface area (Å²) in [7, 11) is 0. The van der Waals surface area contributed by atoms with Gasteiger partial charge >= 0.3 is 0 Å². The lowest BCUT2D eigenvalue weighted by molar-refractivity contribution is -0.127. The summed E-state index contributed by atoms with van der Waals surface area (Å²) in [5.74, 6) is 0.516. The molecule has 0 unspecified atom stereocenters. The molecule has 1 aliphatic rings. The highest BCUT2D eigenvalue weighted by atomic mass is 16.3. The first-order valence-corrected chi connectivity index (χ1v) is 5.93. The Morgan fingerprint density at radius 1 is 1.25 bits per heavy atom. The molecule has 0 aromatic carbocycles. The molecule has 0 heterocycles. The fourth-order valence-corrected chi connectivity index (χ4v) is 2.13. The molecule has 0 aliphatic heterocycles. The summed E-state index contributed by atoms with van der Waals surface area (Å²) in [6.07, 6.45) is 3.71. The van der Waals surface area contributed by atoms with Crippen molar-refractivity contribution in [3.63, 3.8) is 0 Å². The predicted octanol–water partition coefficient (Wildman–Crippen LogP) is -0.779. The van der Waals surface area contributed by atoms with Gasteiger partial charge in [0.25, 0.3) is 0 Å². The third-order valence-electron chi connectivity index (χ3n) is 3.34. The summed E-state index contributed by atoms with van der Waals surface area (Å²) in [4.78, 5) is 11.8. The normalized spacial score (nSPS) is 25.8. The van der Waals surface area contributed by atoms with Crippen molar-refractivity contribution in [1.29, 1.82) is 0 Å². The van der Waals surface area contributed by atoms with Crippen LogP contribution in [-0.2, 0) is 4.79 Å². The van der Waals surface area contributed by atoms with Gasteiger partial charge in [-0.25, -0.2) is 0 Å². The van der Waals surface area contributed by atoms with Crippen molar-refractivity contribution in [3.8, 4) is 0 Å². The molecular formula is C11H22N2O3. The Balaban J connectivity index is 2.32. The van der Waals surface area contributed by atoms with Gasteiger partial charge in [0.15, 0.2) is 0 Å². The molecule has 1 amide bonds. The second-order valence-corrected chi connectivity index (χ2v) is 4.52. The van der Waals surface area contributed by atoms with Gasteiger partial charge in [0, 0.05) is 5.92 Å². The van der Waals surface area contributed by atoms with Crippen LogP contribution >= 0.6 is 0 Å². The van der Waals surface area contributed by atoms with Gasteiger partial charge < -0.3 is 21.3 Å². The van der Waals surface area contributed by atoms with Crippen LogP contribution in [0.5, 0.6) is 0 Å². The molecule has 94 valence electrons. The van der Waals surface area contributed by atoms with Crippen molar-refractivity contribution in [2.45, 2.75) is 31.7 Å². The maximum absolute atomic E-state index is 11.8. The summed E-state index contributed by atoms with van der Waals surface area (Å²) < 4.78 is 0. The zero-order chi connectivity index (χ0) is 12.0. The number of carbonyl (C=O) groups is 1. The summed E-state index contributed by atoms with van der Waals surface area (Å²) in [5.41, 5.74) is 5.58. The minimum absolute atomic E-state index is 0.0170. The molecule has 5 heteroatoms. The molecule has 0 aromatic rings. The van der Waals surface area contributed by atoms with E-state index in [1.54, 1.807) is 0 Å². The lowest BCUT2D eigenvalue weighted by Gasteiger charge is -2.27. The highest BCUT2D eigenvalue weighted by Gasteiger charge is 2.26. The van der Waals surface area contributed by atoms with E-state index in [4.69, 9.17) is 15.9 Å². The molecule has 0 radical (unpaired) electrons. The number of hydrogen-bond acceptors (Lipinski definition) is 4. The fraction of sp³-hybridized carbons (Fsp3) is 0.909. The van der Waals surface area contributed by atoms with Gasteiger partial charge in [0.2, 0.25) is 5.91 Å². The molecule has 1 aliphatic carbocycles. The Kier molecular flexibility index (Phi) is 5.73. The molecule has 0 spiro atoms. The van der Waals surface area contributed by atoms with Crippen LogP contribution in [-0.4, -0.2) is 41.9 Å². The van der Waals surface area contributed by atoms with E-state index in [0.717, 1.165) is 25.7 Å². The highest BCUT2D eigenvalue weighted by molar-refractivity contribution is 5.79. The van der Waals surface area contributed by atoms with Crippen LogP contribution in [0.15, 0.2) is 0 Å². The Hall–Kier alpha value is -0.650. The topological polar surface area (TPSA) is 95.6 Å². The number of nitrogens with two attached hydrogens (primary N) is 1. The zero-order valence-corrected chi connectivity index (χ0v) is 9.56. The van der Waals surface area contributed by atoms with Crippen molar-refractivity contribution in [1.82, 2.24) is 5.32 Å². The van der Waals surface area contributed by atoms with Gasteiger partial charge in [0.05, 0.1) is 19.3 Å². The van der Waals surface area contributed by atoms with Gasteiger partial charge in [-0.05, 0) is 38.1 Å². The van der Waals surface area contributed by atoms with Crippen molar-refractivity contribution >= 4 is 5.91 Å². The van der Waals surface area contributed by atoms with E-state index in [0.29, 0.717) is 12.5 Å². The number of amides is 1. The number of aliphatic hydroxyl groups excluding tert-OH is 2. The summed E-state index contributed by atoms with van der Waals surface area (Å²) in [5, 5.41) is 20.4. The number of aliphatic hydroxyl groups is 2. The van der Waals surface area contributed by atoms with Crippen molar-refractivity contribution < 1.29 is 15.0 Å². The maximum atomic E-state index is 11.8. The molecule has 16 heavy (non-hydrogen) atoms. The maximum Gasteiger partial charge on any atom is 0.223 e. The Labute approximate surface area is 96.0 Å². The van der Waals surface area contributed by atoms with E-state index in [1.807, 2.05) is 0 Å². The molecule has 1 fully saturated rings. The van der Waals surface area contributed by atoms with Gasteiger partial charge in [-0.2, -0.15) is 0 Å². The highest BCUT2D eigenvalue weighted by Crippen LogP contribution is 2.28. The Bertz CT molecular complexity index is 211. The van der Waals surface area contributed by atoms with Crippen molar-refractivity contribution in [2.24, 2.45) is 17.6 Å². The van der Waals surface area contributed by atoms with E-state index in [9.17, 15) is 4.79 Å². The van der Waals surface area contributed by atoms with Gasteiger partial charge in [-0.1, -0.05) is 0 Å². The lowest BCUT2D eigenvalue weighted by atomic mass is 9.81. The van der Waals surface area contributed by atoms with Crippen molar-refractivity contribution in [3.05, 3.63) is 0 Å². The summed E-state index contributed by atoms with van der Waals surface area (Å²) in [6.45, 7) is 0.255. The monoisotopic (exact) mass is 230 g/mol. The first-order chi connectivity index (χ1) is 7.71. The fourth-order valence-electron chi connectivity index (χ4n) is 2.13. The largest absolute Gasteiger partial charge is 0.394 e. The minimum Gasteiger partial charge on any atom is -0.394 e. The smallest absolute Gasteiger partial charge is 0.223 e. The van der Waals surface area contributed by atoms with Crippen LogP contribution in [0.1, 0.15) is 25.7 Å². The molecule has 5 N–H and O–H groups in total. The van der Waals surface area contributed by atoms with Crippen molar-refractivity contribution in [2.75, 3.05) is 19.8 Å². The van der Waals surface area contributed by atoms with Crippen LogP contribution in [0.4, 0.5) is 0 Å². The number of rotatable bonds is 5. The number of nitrogens with one attached hydrogen (secondary N) is 1. The minimum atomic E-state index is -0.528. The van der Waals surface area contributed by atoms with Crippen LogP contribution in [0.2, 0.25) is 0 Å². The van der Waals surface area contributed by atoms with E-state index >= 15 is 0 Å². The number of hydrogen-bond donors (Lipinski definition) is 4. The molecule has 5 nitrogen and oxygen atoms in total. The standard InChI is InChI=1S/C11H22N2O3/c12-5-8-1-3-9(4-2-8)11(16)13-10(6-14)7-15/h8-10,14-15H,1-7,12H2,(H,13,16). The average molecular weight is 230 g/mol. The number of carbonyl (C=O) groups excluding carboxylic acids is 1. The summed E-state index contributed by atoms with van der Waals surface area (Å²) in [6, 6.07) is -0.528. The van der Waals surface area contributed by atoms with Crippen LogP contribution in [0.3, 0.4) is 0 Å². The summed E-state index contributed by atoms with van der Waals surface area (Å²) >= 11 is 0. The molecule has 0 atom stereocenters. The zero-order valence-electron chi connectivity index (χ0n) is 9.56. The molecule has 0 aromatic heterocycles. The van der Waals surface area contributed by atoms with Gasteiger partial charge in [-0.15, -0.1) is 0 Å². The molecule has 0 saturated heterocycles. The van der Waals surface area contributed by atoms with E-state index in [2.05, 4.69) is 5.32 Å².